The van der Waals surface area contributed by atoms with Crippen LogP contribution in [0.25, 0.3) is 111 Å². The maximum absolute atomic E-state index is 6.44. The second kappa shape index (κ2) is 10.7. The summed E-state index contributed by atoms with van der Waals surface area (Å²) in [6, 6.07) is 51.1. The van der Waals surface area contributed by atoms with Gasteiger partial charge >= 0.3 is 0 Å². The first-order valence-electron chi connectivity index (χ1n) is 16.8. The van der Waals surface area contributed by atoms with Crippen molar-refractivity contribution < 1.29 is 13.3 Å². The Labute approximate surface area is 290 Å². The number of aromatic nitrogens is 3. The molecule has 238 valence electrons. The number of hydrogen-bond acceptors (Lipinski definition) is 6. The summed E-state index contributed by atoms with van der Waals surface area (Å²) < 4.78 is 19.1. The summed E-state index contributed by atoms with van der Waals surface area (Å²) in [5.74, 6) is 1.70. The van der Waals surface area contributed by atoms with Crippen LogP contribution in [-0.2, 0) is 0 Å². The lowest BCUT2D eigenvalue weighted by Crippen LogP contribution is -2.00. The lowest BCUT2D eigenvalue weighted by Gasteiger charge is -2.09. The van der Waals surface area contributed by atoms with Crippen LogP contribution in [0, 0.1) is 0 Å². The van der Waals surface area contributed by atoms with Gasteiger partial charge in [-0.15, -0.1) is 0 Å². The van der Waals surface area contributed by atoms with Crippen molar-refractivity contribution in [3.63, 3.8) is 0 Å². The molecule has 51 heavy (non-hydrogen) atoms. The van der Waals surface area contributed by atoms with Crippen LogP contribution in [0.5, 0.6) is 0 Å². The van der Waals surface area contributed by atoms with Crippen molar-refractivity contribution >= 4 is 65.8 Å². The van der Waals surface area contributed by atoms with E-state index in [0.29, 0.717) is 17.5 Å². The van der Waals surface area contributed by atoms with Crippen molar-refractivity contribution in [2.45, 2.75) is 0 Å². The fourth-order valence-electron chi connectivity index (χ4n) is 7.36. The van der Waals surface area contributed by atoms with Crippen LogP contribution < -0.4 is 0 Å². The van der Waals surface area contributed by atoms with E-state index in [4.69, 9.17) is 28.2 Å². The first-order chi connectivity index (χ1) is 25.2. The third-order valence-corrected chi connectivity index (χ3v) is 9.76. The summed E-state index contributed by atoms with van der Waals surface area (Å²) in [5.41, 5.74) is 9.56. The number of para-hydroxylation sites is 3. The van der Waals surface area contributed by atoms with E-state index in [9.17, 15) is 0 Å². The van der Waals surface area contributed by atoms with Crippen LogP contribution in [0.3, 0.4) is 0 Å². The van der Waals surface area contributed by atoms with Crippen molar-refractivity contribution in [1.82, 2.24) is 15.0 Å². The molecule has 0 bridgehead atoms. The Balaban J connectivity index is 1.13. The number of furan rings is 3. The van der Waals surface area contributed by atoms with Gasteiger partial charge in [-0.3, -0.25) is 0 Å². The normalized spacial score (nSPS) is 11.9. The molecule has 11 aromatic rings. The summed E-state index contributed by atoms with van der Waals surface area (Å²) in [4.78, 5) is 15.2. The predicted octanol–water partition coefficient (Wildman–Crippen LogP) is 12.2. The largest absolute Gasteiger partial charge is 0.456 e. The average molecular weight is 656 g/mol. The van der Waals surface area contributed by atoms with Gasteiger partial charge in [-0.2, -0.15) is 0 Å². The zero-order valence-electron chi connectivity index (χ0n) is 27.0. The third kappa shape index (κ3) is 4.33. The van der Waals surface area contributed by atoms with Gasteiger partial charge in [0, 0.05) is 54.6 Å². The first-order valence-corrected chi connectivity index (χ1v) is 16.8. The minimum Gasteiger partial charge on any atom is -0.456 e. The predicted molar refractivity (Wildman–Crippen MR) is 203 cm³/mol. The molecule has 0 unspecified atom stereocenters. The molecule has 0 aliphatic heterocycles. The van der Waals surface area contributed by atoms with Crippen LogP contribution in [0.4, 0.5) is 0 Å². The second-order valence-corrected chi connectivity index (χ2v) is 12.8. The molecule has 0 amide bonds. The smallest absolute Gasteiger partial charge is 0.164 e. The molecule has 0 atom stereocenters. The Morgan fingerprint density at radius 2 is 0.902 bits per heavy atom. The molecule has 6 heteroatoms. The highest BCUT2D eigenvalue weighted by Crippen LogP contribution is 2.41. The van der Waals surface area contributed by atoms with Gasteiger partial charge in [-0.25, -0.2) is 15.0 Å². The van der Waals surface area contributed by atoms with Gasteiger partial charge in [-0.05, 0) is 48.0 Å². The lowest BCUT2D eigenvalue weighted by atomic mass is 9.99. The third-order valence-electron chi connectivity index (χ3n) is 9.76. The van der Waals surface area contributed by atoms with Gasteiger partial charge in [0.2, 0.25) is 0 Å². The number of nitrogens with zero attached hydrogens (tertiary/aromatic N) is 3. The molecule has 0 N–H and O–H groups in total. The molecule has 0 aliphatic rings. The van der Waals surface area contributed by atoms with Gasteiger partial charge in [-0.1, -0.05) is 109 Å². The van der Waals surface area contributed by atoms with Crippen LogP contribution in [0.15, 0.2) is 165 Å². The molecule has 0 radical (unpaired) electrons. The summed E-state index contributed by atoms with van der Waals surface area (Å²) in [6.07, 6.45) is 0. The van der Waals surface area contributed by atoms with E-state index in [1.165, 1.54) is 0 Å². The van der Waals surface area contributed by atoms with Crippen molar-refractivity contribution in [2.24, 2.45) is 0 Å². The molecule has 4 aromatic heterocycles. The van der Waals surface area contributed by atoms with Gasteiger partial charge < -0.3 is 13.3 Å². The highest BCUT2D eigenvalue weighted by Gasteiger charge is 2.20. The van der Waals surface area contributed by atoms with E-state index < -0.39 is 0 Å². The highest BCUT2D eigenvalue weighted by molar-refractivity contribution is 6.14. The Hall–Kier alpha value is -7.05. The van der Waals surface area contributed by atoms with E-state index in [-0.39, 0.29) is 0 Å². The molecule has 0 aliphatic carbocycles. The van der Waals surface area contributed by atoms with E-state index >= 15 is 0 Å². The van der Waals surface area contributed by atoms with Crippen molar-refractivity contribution in [3.05, 3.63) is 152 Å². The summed E-state index contributed by atoms with van der Waals surface area (Å²) >= 11 is 0. The van der Waals surface area contributed by atoms with E-state index in [2.05, 4.69) is 60.7 Å². The minimum atomic E-state index is 0.557. The number of benzene rings is 7. The van der Waals surface area contributed by atoms with Crippen molar-refractivity contribution in [3.8, 4) is 45.3 Å². The van der Waals surface area contributed by atoms with Gasteiger partial charge in [0.05, 0.1) is 0 Å². The summed E-state index contributed by atoms with van der Waals surface area (Å²) in [6.45, 7) is 0. The number of rotatable bonds is 4. The summed E-state index contributed by atoms with van der Waals surface area (Å²) in [5, 5.41) is 6.23. The van der Waals surface area contributed by atoms with Gasteiger partial charge in [0.1, 0.15) is 33.5 Å². The Bertz CT molecular complexity index is 3150. The maximum atomic E-state index is 6.44. The van der Waals surface area contributed by atoms with E-state index in [1.807, 2.05) is 91.0 Å². The number of fused-ring (bicyclic) bond motifs is 9. The van der Waals surface area contributed by atoms with Gasteiger partial charge in [0.25, 0.3) is 0 Å². The summed E-state index contributed by atoms with van der Waals surface area (Å²) in [7, 11) is 0. The van der Waals surface area contributed by atoms with Crippen LogP contribution in [-0.4, -0.2) is 15.0 Å². The molecule has 0 spiro atoms. The molecular formula is C45H25N3O3. The molecule has 6 nitrogen and oxygen atoms in total. The first kappa shape index (κ1) is 27.9. The molecule has 0 fully saturated rings. The Morgan fingerprint density at radius 3 is 1.76 bits per heavy atom. The van der Waals surface area contributed by atoms with Crippen molar-refractivity contribution in [2.75, 3.05) is 0 Å². The minimum absolute atomic E-state index is 0.557. The highest BCUT2D eigenvalue weighted by atomic mass is 16.3. The lowest BCUT2D eigenvalue weighted by molar-refractivity contribution is 0.668. The molecular weight excluding hydrogens is 631 g/mol. The van der Waals surface area contributed by atoms with Crippen LogP contribution >= 0.6 is 0 Å². The molecule has 4 heterocycles. The van der Waals surface area contributed by atoms with Crippen LogP contribution in [0.2, 0.25) is 0 Å². The van der Waals surface area contributed by atoms with Gasteiger partial charge in [0.15, 0.2) is 17.5 Å². The Kier molecular flexibility index (Phi) is 5.86. The maximum Gasteiger partial charge on any atom is 0.164 e. The fraction of sp³-hybridized carbons (Fsp3) is 0. The zero-order valence-corrected chi connectivity index (χ0v) is 27.0. The molecule has 7 aromatic carbocycles. The van der Waals surface area contributed by atoms with Crippen LogP contribution in [0.1, 0.15) is 0 Å². The number of hydrogen-bond donors (Lipinski definition) is 0. The van der Waals surface area contributed by atoms with E-state index in [1.54, 1.807) is 0 Å². The monoisotopic (exact) mass is 655 g/mol. The molecule has 0 saturated carbocycles. The molecule has 0 saturated heterocycles. The molecule has 11 rings (SSSR count). The standard InChI is InChI=1S/C45H25N3O3/c1-2-10-26(11-3-1)43-46-44(28-20-22-32-30-12-4-6-17-36(30)50-40(32)25-28)48-45(47-43)34-16-9-19-39-41(34)35-24-27(21-23-38(35)49-39)29-14-8-15-33-31-13-5-7-18-37(31)51-42(29)33/h1-25H. The average Bonchev–Trinajstić information content (AvgIpc) is 3.88. The topological polar surface area (TPSA) is 78.1 Å². The second-order valence-electron chi connectivity index (χ2n) is 12.8. The SMILES string of the molecule is c1ccc(-c2nc(-c3ccc4c(c3)oc3ccccc34)nc(-c3cccc4oc5ccc(-c6cccc7c6oc6ccccc67)cc5c34)n2)cc1. The van der Waals surface area contributed by atoms with Crippen molar-refractivity contribution in [1.29, 1.82) is 0 Å². The zero-order chi connectivity index (χ0) is 33.5. The Morgan fingerprint density at radius 1 is 0.314 bits per heavy atom. The quantitative estimate of drug-likeness (QED) is 0.188. The van der Waals surface area contributed by atoms with E-state index in [0.717, 1.165) is 93.6 Å². The fourth-order valence-corrected chi connectivity index (χ4v) is 7.36.